The minimum absolute atomic E-state index is 0.269. The van der Waals surface area contributed by atoms with E-state index in [1.54, 1.807) is 24.3 Å². The maximum absolute atomic E-state index is 11.5. The van der Waals surface area contributed by atoms with Crippen LogP contribution in [0.3, 0.4) is 0 Å². The van der Waals surface area contributed by atoms with Crippen molar-refractivity contribution in [2.45, 2.75) is 26.4 Å². The average molecular weight is 267 g/mol. The summed E-state index contributed by atoms with van der Waals surface area (Å²) in [7, 11) is 0. The highest BCUT2D eigenvalue weighted by molar-refractivity contribution is 7.08. The number of carbonyl (C=O) groups is 2. The SMILES string of the molecule is CCCNC(=O)[C@H](C)OC(=O)/C=C/c1ccsc1. The van der Waals surface area contributed by atoms with E-state index in [-0.39, 0.29) is 5.91 Å². The number of amides is 1. The zero-order valence-corrected chi connectivity index (χ0v) is 11.3. The van der Waals surface area contributed by atoms with Gasteiger partial charge in [0, 0.05) is 12.6 Å². The van der Waals surface area contributed by atoms with Gasteiger partial charge in [0.25, 0.3) is 5.91 Å². The Labute approximate surface area is 111 Å². The molecule has 98 valence electrons. The second-order valence-corrected chi connectivity index (χ2v) is 4.54. The van der Waals surface area contributed by atoms with Crippen LogP contribution in [0, 0.1) is 0 Å². The molecule has 0 fully saturated rings. The summed E-state index contributed by atoms with van der Waals surface area (Å²) in [5, 5.41) is 6.51. The predicted octanol–water partition coefficient (Wildman–Crippen LogP) is 2.22. The van der Waals surface area contributed by atoms with Crippen molar-refractivity contribution in [3.8, 4) is 0 Å². The van der Waals surface area contributed by atoms with Crippen LogP contribution in [-0.2, 0) is 14.3 Å². The lowest BCUT2D eigenvalue weighted by atomic mass is 10.3. The predicted molar refractivity (Wildman–Crippen MR) is 72.2 cm³/mol. The van der Waals surface area contributed by atoms with Gasteiger partial charge in [-0.05, 0) is 41.8 Å². The molecule has 0 spiro atoms. The van der Waals surface area contributed by atoms with Gasteiger partial charge in [0.1, 0.15) is 0 Å². The minimum atomic E-state index is -0.767. The van der Waals surface area contributed by atoms with Gasteiger partial charge in [-0.2, -0.15) is 11.3 Å². The molecule has 0 aliphatic rings. The van der Waals surface area contributed by atoms with Gasteiger partial charge in [0.05, 0.1) is 0 Å². The van der Waals surface area contributed by atoms with E-state index in [4.69, 9.17) is 4.74 Å². The van der Waals surface area contributed by atoms with Gasteiger partial charge in [-0.3, -0.25) is 4.79 Å². The molecule has 1 rings (SSSR count). The molecule has 0 saturated heterocycles. The highest BCUT2D eigenvalue weighted by Gasteiger charge is 2.15. The van der Waals surface area contributed by atoms with E-state index < -0.39 is 12.1 Å². The number of ether oxygens (including phenoxy) is 1. The van der Waals surface area contributed by atoms with Crippen LogP contribution in [-0.4, -0.2) is 24.5 Å². The van der Waals surface area contributed by atoms with Gasteiger partial charge >= 0.3 is 5.97 Å². The smallest absolute Gasteiger partial charge is 0.331 e. The van der Waals surface area contributed by atoms with Gasteiger partial charge in [-0.25, -0.2) is 4.79 Å². The zero-order valence-electron chi connectivity index (χ0n) is 10.5. The molecule has 0 aliphatic carbocycles. The van der Waals surface area contributed by atoms with Gasteiger partial charge in [0.2, 0.25) is 0 Å². The molecule has 1 aromatic heterocycles. The lowest BCUT2D eigenvalue weighted by Gasteiger charge is -2.11. The number of carbonyl (C=O) groups excluding carboxylic acids is 2. The lowest BCUT2D eigenvalue weighted by Crippen LogP contribution is -2.35. The fourth-order valence-corrected chi connectivity index (χ4v) is 1.82. The summed E-state index contributed by atoms with van der Waals surface area (Å²) in [6, 6.07) is 1.89. The first-order valence-electron chi connectivity index (χ1n) is 5.82. The molecule has 1 heterocycles. The Hall–Kier alpha value is -1.62. The molecule has 1 aromatic rings. The third-order valence-corrected chi connectivity index (χ3v) is 2.87. The third-order valence-electron chi connectivity index (χ3n) is 2.17. The molecule has 1 atom stereocenters. The molecular weight excluding hydrogens is 250 g/mol. The fourth-order valence-electron chi connectivity index (χ4n) is 1.19. The Morgan fingerprint density at radius 2 is 2.33 bits per heavy atom. The standard InChI is InChI=1S/C13H17NO3S/c1-3-7-14-13(16)10(2)17-12(15)5-4-11-6-8-18-9-11/h4-6,8-10H,3,7H2,1-2H3,(H,14,16)/b5-4+/t10-/m0/s1. The number of rotatable bonds is 6. The van der Waals surface area contributed by atoms with Crippen molar-refractivity contribution < 1.29 is 14.3 Å². The Morgan fingerprint density at radius 3 is 2.94 bits per heavy atom. The quantitative estimate of drug-likeness (QED) is 0.635. The molecule has 0 unspecified atom stereocenters. The summed E-state index contributed by atoms with van der Waals surface area (Å²) >= 11 is 1.55. The van der Waals surface area contributed by atoms with Crippen LogP contribution in [0.5, 0.6) is 0 Å². The van der Waals surface area contributed by atoms with Crippen LogP contribution in [0.15, 0.2) is 22.9 Å². The van der Waals surface area contributed by atoms with Crippen molar-refractivity contribution in [3.05, 3.63) is 28.5 Å². The molecule has 5 heteroatoms. The molecule has 1 amide bonds. The first-order chi connectivity index (χ1) is 8.63. The van der Waals surface area contributed by atoms with E-state index in [0.717, 1.165) is 12.0 Å². The van der Waals surface area contributed by atoms with Gasteiger partial charge in [-0.1, -0.05) is 6.92 Å². The van der Waals surface area contributed by atoms with E-state index in [0.29, 0.717) is 6.54 Å². The molecule has 0 aromatic carbocycles. The second kappa shape index (κ2) is 7.66. The summed E-state index contributed by atoms with van der Waals surface area (Å²) in [6.45, 7) is 4.10. The highest BCUT2D eigenvalue weighted by Crippen LogP contribution is 2.07. The van der Waals surface area contributed by atoms with E-state index >= 15 is 0 Å². The summed E-state index contributed by atoms with van der Waals surface area (Å²) in [6.07, 6.45) is 3.07. The third kappa shape index (κ3) is 5.14. The minimum Gasteiger partial charge on any atom is -0.449 e. The second-order valence-electron chi connectivity index (χ2n) is 3.76. The number of hydrogen-bond acceptors (Lipinski definition) is 4. The summed E-state index contributed by atoms with van der Waals surface area (Å²) in [5.74, 6) is -0.783. The first kappa shape index (κ1) is 14.4. The van der Waals surface area contributed by atoms with Gasteiger partial charge in [0.15, 0.2) is 6.10 Å². The molecule has 0 radical (unpaired) electrons. The maximum atomic E-state index is 11.5. The van der Waals surface area contributed by atoms with E-state index in [2.05, 4.69) is 5.32 Å². The Bertz CT molecular complexity index is 412. The van der Waals surface area contributed by atoms with E-state index in [1.165, 1.54) is 6.08 Å². The average Bonchev–Trinajstić information content (AvgIpc) is 2.86. The topological polar surface area (TPSA) is 55.4 Å². The Kier molecular flexibility index (Phi) is 6.14. The summed E-state index contributed by atoms with van der Waals surface area (Å²) in [4.78, 5) is 22.9. The van der Waals surface area contributed by atoms with Crippen molar-refractivity contribution in [1.29, 1.82) is 0 Å². The van der Waals surface area contributed by atoms with Crippen LogP contribution < -0.4 is 5.32 Å². The van der Waals surface area contributed by atoms with Crippen LogP contribution in [0.25, 0.3) is 6.08 Å². The molecule has 1 N–H and O–H groups in total. The number of esters is 1. The molecule has 0 aliphatic heterocycles. The maximum Gasteiger partial charge on any atom is 0.331 e. The molecule has 4 nitrogen and oxygen atoms in total. The monoisotopic (exact) mass is 267 g/mol. The molecule has 0 saturated carbocycles. The lowest BCUT2D eigenvalue weighted by molar-refractivity contribution is -0.150. The summed E-state index contributed by atoms with van der Waals surface area (Å²) < 4.78 is 4.97. The largest absolute Gasteiger partial charge is 0.449 e. The van der Waals surface area contributed by atoms with Crippen LogP contribution in [0.1, 0.15) is 25.8 Å². The number of nitrogens with one attached hydrogen (secondary N) is 1. The molecule has 0 bridgehead atoms. The number of thiophene rings is 1. The van der Waals surface area contributed by atoms with E-state index in [9.17, 15) is 9.59 Å². The normalized spacial score (nSPS) is 12.3. The van der Waals surface area contributed by atoms with Crippen molar-refractivity contribution in [2.75, 3.05) is 6.54 Å². The summed E-state index contributed by atoms with van der Waals surface area (Å²) in [5.41, 5.74) is 0.944. The van der Waals surface area contributed by atoms with Gasteiger partial charge in [-0.15, -0.1) is 0 Å². The van der Waals surface area contributed by atoms with Gasteiger partial charge < -0.3 is 10.1 Å². The first-order valence-corrected chi connectivity index (χ1v) is 6.76. The zero-order chi connectivity index (χ0) is 13.4. The number of hydrogen-bond donors (Lipinski definition) is 1. The molecular formula is C13H17NO3S. The Balaban J connectivity index is 2.37. The van der Waals surface area contributed by atoms with Crippen LogP contribution in [0.4, 0.5) is 0 Å². The van der Waals surface area contributed by atoms with Crippen molar-refractivity contribution in [2.24, 2.45) is 0 Å². The van der Waals surface area contributed by atoms with Crippen LogP contribution in [0.2, 0.25) is 0 Å². The van der Waals surface area contributed by atoms with Crippen LogP contribution >= 0.6 is 11.3 Å². The molecule has 18 heavy (non-hydrogen) atoms. The van der Waals surface area contributed by atoms with Crippen molar-refractivity contribution in [3.63, 3.8) is 0 Å². The van der Waals surface area contributed by atoms with Crippen molar-refractivity contribution in [1.82, 2.24) is 5.32 Å². The van der Waals surface area contributed by atoms with E-state index in [1.807, 2.05) is 23.8 Å². The van der Waals surface area contributed by atoms with Crippen molar-refractivity contribution >= 4 is 29.3 Å². The Morgan fingerprint density at radius 1 is 1.56 bits per heavy atom. The highest BCUT2D eigenvalue weighted by atomic mass is 32.1. The fraction of sp³-hybridized carbons (Fsp3) is 0.385.